The second kappa shape index (κ2) is 6.98. The fourth-order valence-electron chi connectivity index (χ4n) is 2.78. The fourth-order valence-corrected chi connectivity index (χ4v) is 2.78. The van der Waals surface area contributed by atoms with Crippen molar-refractivity contribution in [3.8, 4) is 5.75 Å². The van der Waals surface area contributed by atoms with Crippen LogP contribution < -0.4 is 15.0 Å². The number of ether oxygens (including phenoxy) is 1. The molecule has 1 aliphatic carbocycles. The van der Waals surface area contributed by atoms with Gasteiger partial charge in [0.1, 0.15) is 5.75 Å². The molecule has 1 fully saturated rings. The summed E-state index contributed by atoms with van der Waals surface area (Å²) >= 11 is 0. The van der Waals surface area contributed by atoms with Crippen molar-refractivity contribution in [2.45, 2.75) is 58.2 Å². The molecule has 3 nitrogen and oxygen atoms in total. The van der Waals surface area contributed by atoms with Gasteiger partial charge < -0.3 is 15.0 Å². The Bertz CT molecular complexity index is 423. The molecule has 1 aliphatic rings. The van der Waals surface area contributed by atoms with Crippen LogP contribution in [0.25, 0.3) is 0 Å². The van der Waals surface area contributed by atoms with Crippen LogP contribution in [-0.4, -0.2) is 26.2 Å². The maximum Gasteiger partial charge on any atom is 0.143 e. The fraction of sp³-hybridized carbons (Fsp3) is 0.647. The van der Waals surface area contributed by atoms with Crippen molar-refractivity contribution in [2.24, 2.45) is 0 Å². The van der Waals surface area contributed by atoms with Gasteiger partial charge in [0, 0.05) is 26.7 Å². The first-order chi connectivity index (χ1) is 9.56. The lowest BCUT2D eigenvalue weighted by molar-refractivity contribution is 0.243. The van der Waals surface area contributed by atoms with Crippen molar-refractivity contribution in [1.82, 2.24) is 5.32 Å². The number of rotatable bonds is 6. The lowest BCUT2D eigenvalue weighted by Gasteiger charge is -2.21. The van der Waals surface area contributed by atoms with Gasteiger partial charge in [0.2, 0.25) is 0 Å². The van der Waals surface area contributed by atoms with E-state index in [9.17, 15) is 0 Å². The van der Waals surface area contributed by atoms with E-state index in [0.717, 1.165) is 18.0 Å². The van der Waals surface area contributed by atoms with Crippen molar-refractivity contribution >= 4 is 5.69 Å². The second-order valence-electron chi connectivity index (χ2n) is 6.23. The van der Waals surface area contributed by atoms with Crippen LogP contribution in [0.5, 0.6) is 5.75 Å². The zero-order chi connectivity index (χ0) is 14.5. The molecule has 20 heavy (non-hydrogen) atoms. The molecular weight excluding hydrogens is 248 g/mol. The number of hydrogen-bond acceptors (Lipinski definition) is 3. The highest BCUT2D eigenvalue weighted by Gasteiger charge is 2.14. The number of nitrogens with zero attached hydrogens (tertiary/aromatic N) is 1. The van der Waals surface area contributed by atoms with Gasteiger partial charge in [-0.25, -0.2) is 0 Å². The summed E-state index contributed by atoms with van der Waals surface area (Å²) in [6, 6.07) is 7.24. The Morgan fingerprint density at radius 2 is 1.95 bits per heavy atom. The largest absolute Gasteiger partial charge is 0.489 e. The van der Waals surface area contributed by atoms with Crippen LogP contribution in [0.3, 0.4) is 0 Å². The summed E-state index contributed by atoms with van der Waals surface area (Å²) in [6.45, 7) is 5.08. The van der Waals surface area contributed by atoms with Gasteiger partial charge in [-0.05, 0) is 44.4 Å². The van der Waals surface area contributed by atoms with E-state index in [1.54, 1.807) is 0 Å². The predicted molar refractivity (Wildman–Crippen MR) is 85.6 cm³/mol. The number of hydrogen-bond donors (Lipinski definition) is 1. The van der Waals surface area contributed by atoms with Crippen molar-refractivity contribution in [2.75, 3.05) is 19.0 Å². The lowest BCUT2D eigenvalue weighted by Crippen LogP contribution is -2.25. The third kappa shape index (κ3) is 4.14. The minimum Gasteiger partial charge on any atom is -0.489 e. The zero-order valence-electron chi connectivity index (χ0n) is 13.3. The van der Waals surface area contributed by atoms with E-state index in [4.69, 9.17) is 4.74 Å². The second-order valence-corrected chi connectivity index (χ2v) is 6.23. The van der Waals surface area contributed by atoms with Gasteiger partial charge in [-0.1, -0.05) is 18.9 Å². The first-order valence-electron chi connectivity index (χ1n) is 7.76. The smallest absolute Gasteiger partial charge is 0.143 e. The van der Waals surface area contributed by atoms with E-state index < -0.39 is 0 Å². The molecule has 2 rings (SSSR count). The molecule has 1 N–H and O–H groups in total. The van der Waals surface area contributed by atoms with Crippen molar-refractivity contribution in [1.29, 1.82) is 0 Å². The summed E-state index contributed by atoms with van der Waals surface area (Å²) < 4.78 is 5.95. The standard InChI is InChI=1S/C17H28N2O/c1-13(2)20-17-11-14(9-10-16(17)19(3)4)12-18-15-7-5-6-8-15/h9-11,13,15,18H,5-8,12H2,1-4H3. The third-order valence-corrected chi connectivity index (χ3v) is 3.82. The van der Waals surface area contributed by atoms with Gasteiger partial charge >= 0.3 is 0 Å². The first kappa shape index (κ1) is 15.2. The average molecular weight is 276 g/mol. The highest BCUT2D eigenvalue weighted by molar-refractivity contribution is 5.59. The minimum atomic E-state index is 0.201. The molecule has 0 unspecified atom stereocenters. The molecule has 0 radical (unpaired) electrons. The highest BCUT2D eigenvalue weighted by Crippen LogP contribution is 2.29. The highest BCUT2D eigenvalue weighted by atomic mass is 16.5. The van der Waals surface area contributed by atoms with Gasteiger partial charge in [-0.3, -0.25) is 0 Å². The molecule has 1 aromatic rings. The summed E-state index contributed by atoms with van der Waals surface area (Å²) in [5.41, 5.74) is 2.45. The quantitative estimate of drug-likeness (QED) is 0.859. The maximum atomic E-state index is 5.95. The molecule has 0 aliphatic heterocycles. The van der Waals surface area contributed by atoms with Gasteiger partial charge in [-0.15, -0.1) is 0 Å². The van der Waals surface area contributed by atoms with E-state index in [-0.39, 0.29) is 6.10 Å². The summed E-state index contributed by atoms with van der Waals surface area (Å²) in [7, 11) is 4.11. The minimum absolute atomic E-state index is 0.201. The predicted octanol–water partition coefficient (Wildman–Crippen LogP) is 3.57. The molecule has 0 spiro atoms. The number of anilines is 1. The van der Waals surface area contributed by atoms with E-state index in [1.165, 1.54) is 31.2 Å². The Morgan fingerprint density at radius 1 is 1.25 bits per heavy atom. The Morgan fingerprint density at radius 3 is 2.55 bits per heavy atom. The van der Waals surface area contributed by atoms with Crippen LogP contribution >= 0.6 is 0 Å². The Balaban J connectivity index is 2.05. The maximum absolute atomic E-state index is 5.95. The molecule has 1 aromatic carbocycles. The topological polar surface area (TPSA) is 24.5 Å². The van der Waals surface area contributed by atoms with Crippen LogP contribution in [0.2, 0.25) is 0 Å². The number of nitrogens with one attached hydrogen (secondary N) is 1. The van der Waals surface area contributed by atoms with Gasteiger partial charge in [0.05, 0.1) is 11.8 Å². The molecule has 0 bridgehead atoms. The molecule has 0 aromatic heterocycles. The van der Waals surface area contributed by atoms with E-state index >= 15 is 0 Å². The van der Waals surface area contributed by atoms with Crippen LogP contribution in [0.4, 0.5) is 5.69 Å². The molecule has 0 amide bonds. The van der Waals surface area contributed by atoms with Crippen molar-refractivity contribution < 1.29 is 4.74 Å². The van der Waals surface area contributed by atoms with Gasteiger partial charge in [-0.2, -0.15) is 0 Å². The van der Waals surface area contributed by atoms with Gasteiger partial charge in [0.25, 0.3) is 0 Å². The summed E-state index contributed by atoms with van der Waals surface area (Å²) in [4.78, 5) is 2.10. The molecule has 3 heteroatoms. The van der Waals surface area contributed by atoms with Crippen LogP contribution in [0.1, 0.15) is 45.1 Å². The average Bonchev–Trinajstić information content (AvgIpc) is 2.88. The van der Waals surface area contributed by atoms with Crippen LogP contribution in [0, 0.1) is 0 Å². The SMILES string of the molecule is CC(C)Oc1cc(CNC2CCCC2)ccc1N(C)C. The number of benzene rings is 1. The summed E-state index contributed by atoms with van der Waals surface area (Å²) in [5, 5.41) is 3.66. The molecular formula is C17H28N2O. The zero-order valence-corrected chi connectivity index (χ0v) is 13.3. The first-order valence-corrected chi connectivity index (χ1v) is 7.76. The Labute approximate surface area is 123 Å². The van der Waals surface area contributed by atoms with Crippen molar-refractivity contribution in [3.63, 3.8) is 0 Å². The Hall–Kier alpha value is -1.22. The van der Waals surface area contributed by atoms with Crippen LogP contribution in [0.15, 0.2) is 18.2 Å². The summed E-state index contributed by atoms with van der Waals surface area (Å²) in [5.74, 6) is 0.982. The normalized spacial score (nSPS) is 15.8. The van der Waals surface area contributed by atoms with Gasteiger partial charge in [0.15, 0.2) is 0 Å². The molecule has 0 atom stereocenters. The molecule has 112 valence electrons. The lowest BCUT2D eigenvalue weighted by atomic mass is 10.1. The van der Waals surface area contributed by atoms with E-state index in [2.05, 4.69) is 56.4 Å². The van der Waals surface area contributed by atoms with E-state index in [1.807, 2.05) is 0 Å². The van der Waals surface area contributed by atoms with E-state index in [0.29, 0.717) is 6.04 Å². The molecule has 0 heterocycles. The van der Waals surface area contributed by atoms with Crippen molar-refractivity contribution in [3.05, 3.63) is 23.8 Å². The molecule has 1 saturated carbocycles. The third-order valence-electron chi connectivity index (χ3n) is 3.82. The van der Waals surface area contributed by atoms with Crippen LogP contribution in [-0.2, 0) is 6.54 Å². The Kier molecular flexibility index (Phi) is 5.30. The monoisotopic (exact) mass is 276 g/mol. The molecule has 0 saturated heterocycles. The summed E-state index contributed by atoms with van der Waals surface area (Å²) in [6.07, 6.45) is 5.60.